The Kier molecular flexibility index (Phi) is 6.96. The van der Waals surface area contributed by atoms with Crippen molar-refractivity contribution >= 4 is 11.6 Å². The van der Waals surface area contributed by atoms with Crippen molar-refractivity contribution in [2.24, 2.45) is 12.5 Å². The molecule has 0 bridgehead atoms. The number of hydrogen-bond donors (Lipinski definition) is 0. The van der Waals surface area contributed by atoms with Gasteiger partial charge in [0.15, 0.2) is 5.69 Å². The summed E-state index contributed by atoms with van der Waals surface area (Å²) < 4.78 is 60.2. The molecule has 1 atom stereocenters. The van der Waals surface area contributed by atoms with E-state index in [1.54, 1.807) is 18.2 Å². The molecule has 0 fully saturated rings. The number of carbonyl (C=O) groups is 1. The molecule has 9 heteroatoms. The molecule has 30 heavy (non-hydrogen) atoms. The van der Waals surface area contributed by atoms with Crippen molar-refractivity contribution in [3.63, 3.8) is 0 Å². The fraction of sp³-hybridized carbons (Fsp3) is 0.524. The topological polar surface area (TPSA) is 47.4 Å². The second-order valence-corrected chi connectivity index (χ2v) is 8.51. The number of aryl methyl sites for hydroxylation is 1. The Morgan fingerprint density at radius 3 is 2.37 bits per heavy atom. The zero-order valence-corrected chi connectivity index (χ0v) is 18.0. The molecule has 0 radical (unpaired) electrons. The first-order chi connectivity index (χ1) is 13.8. The van der Waals surface area contributed by atoms with E-state index in [0.717, 1.165) is 23.9 Å². The Hall–Kier alpha value is -2.42. The minimum atomic E-state index is -4.98. The highest BCUT2D eigenvalue weighted by atomic mass is 19.4. The van der Waals surface area contributed by atoms with E-state index in [-0.39, 0.29) is 18.1 Å². The summed E-state index contributed by atoms with van der Waals surface area (Å²) in [5.41, 5.74) is -1.57. The molecule has 1 heterocycles. The van der Waals surface area contributed by atoms with Gasteiger partial charge in [-0.3, -0.25) is 9.69 Å². The van der Waals surface area contributed by atoms with Crippen LogP contribution in [0.2, 0.25) is 0 Å². The summed E-state index contributed by atoms with van der Waals surface area (Å²) in [6.45, 7) is 7.86. The summed E-state index contributed by atoms with van der Waals surface area (Å²) in [6, 6.07) is 6.89. The molecule has 1 amide bonds. The fourth-order valence-corrected chi connectivity index (χ4v) is 3.57. The van der Waals surface area contributed by atoms with Gasteiger partial charge < -0.3 is 4.74 Å². The Bertz CT molecular complexity index is 901. The van der Waals surface area contributed by atoms with E-state index in [2.05, 4.69) is 25.9 Å². The maximum absolute atomic E-state index is 14.5. The number of halogens is 4. The van der Waals surface area contributed by atoms with Crippen LogP contribution in [0.4, 0.5) is 23.2 Å². The smallest absolute Gasteiger partial charge is 0.364 e. The molecule has 0 aliphatic rings. The third-order valence-electron chi connectivity index (χ3n) is 4.64. The van der Waals surface area contributed by atoms with Crippen LogP contribution in [0.1, 0.15) is 61.6 Å². The summed E-state index contributed by atoms with van der Waals surface area (Å²) >= 11 is 0. The molecule has 2 aromatic rings. The van der Waals surface area contributed by atoms with Gasteiger partial charge in [-0.2, -0.15) is 22.7 Å². The molecule has 1 aromatic carbocycles. The number of rotatable bonds is 6. The van der Waals surface area contributed by atoms with Crippen LogP contribution in [-0.4, -0.2) is 29.5 Å². The van der Waals surface area contributed by atoms with Gasteiger partial charge in [-0.05, 0) is 29.4 Å². The minimum absolute atomic E-state index is 0.00538. The van der Waals surface area contributed by atoms with Crippen molar-refractivity contribution in [3.8, 4) is 0 Å². The number of carbonyl (C=O) groups excluding carboxylic acids is 1. The highest BCUT2D eigenvalue weighted by molar-refractivity contribution is 6.07. The molecular formula is C21H27F4N3O2. The molecule has 0 saturated carbocycles. The lowest BCUT2D eigenvalue weighted by molar-refractivity contribution is -0.141. The molecule has 1 unspecified atom stereocenters. The van der Waals surface area contributed by atoms with E-state index < -0.39 is 29.3 Å². The van der Waals surface area contributed by atoms with Crippen molar-refractivity contribution in [2.75, 3.05) is 18.7 Å². The van der Waals surface area contributed by atoms with Gasteiger partial charge in [-0.15, -0.1) is 0 Å². The highest BCUT2D eigenvalue weighted by Gasteiger charge is 2.43. The van der Waals surface area contributed by atoms with Crippen LogP contribution >= 0.6 is 0 Å². The van der Waals surface area contributed by atoms with Gasteiger partial charge in [-0.1, -0.05) is 45.9 Å². The van der Waals surface area contributed by atoms with Gasteiger partial charge in [0.25, 0.3) is 5.91 Å². The lowest BCUT2D eigenvalue weighted by atomic mass is 9.82. The average Bonchev–Trinajstić information content (AvgIpc) is 2.93. The second-order valence-electron chi connectivity index (χ2n) is 8.51. The van der Waals surface area contributed by atoms with Gasteiger partial charge in [-0.25, -0.2) is 4.68 Å². The zero-order valence-electron chi connectivity index (χ0n) is 18.0. The van der Waals surface area contributed by atoms with Gasteiger partial charge >= 0.3 is 6.18 Å². The first-order valence-corrected chi connectivity index (χ1v) is 9.47. The van der Waals surface area contributed by atoms with Gasteiger partial charge in [0.2, 0.25) is 5.95 Å². The predicted molar refractivity (Wildman–Crippen MR) is 106 cm³/mol. The maximum Gasteiger partial charge on any atom is 0.436 e. The van der Waals surface area contributed by atoms with Crippen LogP contribution in [0.15, 0.2) is 24.3 Å². The summed E-state index contributed by atoms with van der Waals surface area (Å²) in [4.78, 5) is 14.2. The molecule has 5 nitrogen and oxygen atoms in total. The summed E-state index contributed by atoms with van der Waals surface area (Å²) in [5.74, 6) is -2.52. The number of alkyl halides is 3. The van der Waals surface area contributed by atoms with Crippen molar-refractivity contribution in [1.29, 1.82) is 0 Å². The van der Waals surface area contributed by atoms with E-state index in [4.69, 9.17) is 4.74 Å². The maximum atomic E-state index is 14.5. The number of ether oxygens (including phenoxy) is 1. The molecule has 2 rings (SSSR count). The minimum Gasteiger partial charge on any atom is -0.364 e. The predicted octanol–water partition coefficient (Wildman–Crippen LogP) is 5.37. The molecule has 0 aliphatic carbocycles. The summed E-state index contributed by atoms with van der Waals surface area (Å²) in [7, 11) is 2.33. The van der Waals surface area contributed by atoms with Crippen molar-refractivity contribution in [1.82, 2.24) is 9.78 Å². The zero-order chi connectivity index (χ0) is 22.9. The first-order valence-electron chi connectivity index (χ1n) is 9.47. The van der Waals surface area contributed by atoms with E-state index >= 15 is 0 Å². The van der Waals surface area contributed by atoms with Crippen LogP contribution in [0.3, 0.4) is 0 Å². The number of para-hydroxylation sites is 1. The Morgan fingerprint density at radius 1 is 1.23 bits per heavy atom. The van der Waals surface area contributed by atoms with Crippen LogP contribution in [0.25, 0.3) is 0 Å². The quantitative estimate of drug-likeness (QED) is 0.458. The monoisotopic (exact) mass is 429 g/mol. The summed E-state index contributed by atoms with van der Waals surface area (Å²) in [5, 5.41) is 3.17. The highest BCUT2D eigenvalue weighted by Crippen LogP contribution is 2.38. The van der Waals surface area contributed by atoms with Crippen LogP contribution in [0.5, 0.6) is 0 Å². The normalized spacial score (nSPS) is 13.4. The molecular weight excluding hydrogens is 402 g/mol. The third-order valence-corrected chi connectivity index (χ3v) is 4.64. The van der Waals surface area contributed by atoms with E-state index in [0.29, 0.717) is 10.4 Å². The number of aromatic nitrogens is 2. The Morgan fingerprint density at radius 2 is 1.83 bits per heavy atom. The van der Waals surface area contributed by atoms with E-state index in [9.17, 15) is 22.4 Å². The Balaban J connectivity index is 2.59. The van der Waals surface area contributed by atoms with Gasteiger partial charge in [0, 0.05) is 19.8 Å². The molecule has 166 valence electrons. The fourth-order valence-electron chi connectivity index (χ4n) is 3.57. The number of nitrogens with zero attached hydrogens (tertiary/aromatic N) is 3. The molecule has 0 N–H and O–H groups in total. The molecule has 0 aliphatic heterocycles. The average molecular weight is 429 g/mol. The van der Waals surface area contributed by atoms with Crippen molar-refractivity contribution in [2.45, 2.75) is 46.2 Å². The molecule has 0 saturated heterocycles. The molecule has 0 spiro atoms. The lowest BCUT2D eigenvalue weighted by Crippen LogP contribution is -2.35. The van der Waals surface area contributed by atoms with Gasteiger partial charge in [0.1, 0.15) is 12.3 Å². The second kappa shape index (κ2) is 8.75. The van der Waals surface area contributed by atoms with Crippen molar-refractivity contribution in [3.05, 3.63) is 47.0 Å². The van der Waals surface area contributed by atoms with E-state index in [1.165, 1.54) is 7.11 Å². The lowest BCUT2D eigenvalue weighted by Gasteiger charge is -2.29. The number of hydrogen-bond acceptors (Lipinski definition) is 3. The summed E-state index contributed by atoms with van der Waals surface area (Å²) in [6.07, 6.45) is -4.21. The number of amides is 1. The van der Waals surface area contributed by atoms with Crippen LogP contribution in [-0.2, 0) is 18.0 Å². The third kappa shape index (κ3) is 5.19. The van der Waals surface area contributed by atoms with Crippen LogP contribution < -0.4 is 4.90 Å². The van der Waals surface area contributed by atoms with Crippen molar-refractivity contribution < 1.29 is 27.1 Å². The first kappa shape index (κ1) is 23.9. The molecule has 1 aromatic heterocycles. The number of benzene rings is 1. The van der Waals surface area contributed by atoms with Gasteiger partial charge in [0.05, 0.1) is 0 Å². The standard InChI is InChI=1S/C21H27F4N3O2/c1-13(11-20(2,3)4)14-9-7-8-10-15(14)28(12-30-6)19(29)16-17(21(23,24)25)26-27(5)18(16)22/h7-10,13H,11-12H2,1-6H3. The SMILES string of the molecule is COCN(C(=O)c1c(C(F)(F)F)nn(C)c1F)c1ccccc1C(C)CC(C)(C)C. The number of methoxy groups -OCH3 is 1. The van der Waals surface area contributed by atoms with Crippen LogP contribution in [0, 0.1) is 11.4 Å². The largest absolute Gasteiger partial charge is 0.436 e. The van der Waals surface area contributed by atoms with E-state index in [1.807, 2.05) is 13.0 Å². The number of anilines is 1. The Labute approximate surface area is 173 Å².